The average Bonchev–Trinajstić information content (AvgIpc) is 3.56. The van der Waals surface area contributed by atoms with Crippen molar-refractivity contribution in [1.29, 1.82) is 0 Å². The van der Waals surface area contributed by atoms with E-state index in [1.165, 1.54) is 0 Å². The van der Waals surface area contributed by atoms with Crippen LogP contribution in [0.3, 0.4) is 0 Å². The monoisotopic (exact) mass is 531 g/mol. The van der Waals surface area contributed by atoms with Gasteiger partial charge in [0.1, 0.15) is 6.54 Å². The number of ether oxygens (including phenoxy) is 2. The van der Waals surface area contributed by atoms with Crippen molar-refractivity contribution in [3.8, 4) is 11.5 Å². The van der Waals surface area contributed by atoms with Crippen LogP contribution in [-0.2, 0) is 16.1 Å². The minimum absolute atomic E-state index is 0.0506. The number of hydrogen-bond donors (Lipinski definition) is 1. The molecule has 0 saturated carbocycles. The molecule has 0 radical (unpaired) electrons. The fourth-order valence-electron chi connectivity index (χ4n) is 4.27. The van der Waals surface area contributed by atoms with E-state index in [0.29, 0.717) is 32.8 Å². The minimum Gasteiger partial charge on any atom is -0.454 e. The topological polar surface area (TPSA) is 89.9 Å². The maximum absolute atomic E-state index is 13.1. The van der Waals surface area contributed by atoms with Crippen LogP contribution in [-0.4, -0.2) is 28.4 Å². The van der Waals surface area contributed by atoms with E-state index in [1.807, 2.05) is 28.8 Å². The number of nitrogens with one attached hydrogen (secondary N) is 1. The molecule has 0 bridgehead atoms. The van der Waals surface area contributed by atoms with Crippen molar-refractivity contribution in [1.82, 2.24) is 4.57 Å². The van der Waals surface area contributed by atoms with Gasteiger partial charge in [-0.3, -0.25) is 14.4 Å². The lowest BCUT2D eigenvalue weighted by atomic mass is 10.1. The van der Waals surface area contributed by atoms with Crippen molar-refractivity contribution in [3.05, 3.63) is 88.4 Å². The van der Waals surface area contributed by atoms with Gasteiger partial charge in [0.25, 0.3) is 11.1 Å². The molecule has 1 saturated heterocycles. The summed E-state index contributed by atoms with van der Waals surface area (Å²) >= 11 is 6.82. The second-order valence-corrected chi connectivity index (χ2v) is 9.77. The van der Waals surface area contributed by atoms with Crippen molar-refractivity contribution in [3.63, 3.8) is 0 Å². The predicted molar refractivity (Wildman–Crippen MR) is 143 cm³/mol. The summed E-state index contributed by atoms with van der Waals surface area (Å²) < 4.78 is 12.5. The number of imide groups is 1. The van der Waals surface area contributed by atoms with Gasteiger partial charge in [0.2, 0.25) is 12.7 Å². The summed E-state index contributed by atoms with van der Waals surface area (Å²) in [6.07, 6.45) is 3.50. The standard InChI is InChI=1S/C27H18ClN3O5S/c28-17-5-8-19(9-6-17)31-26(33)24(37-27(31)34)11-16-13-30(21-4-2-1-3-20(16)21)14-25(32)29-18-7-10-22-23(12-18)36-15-35-22/h1-13H,14-15H2,(H,29,32)/b24-11+. The van der Waals surface area contributed by atoms with E-state index in [1.54, 1.807) is 54.7 Å². The highest BCUT2D eigenvalue weighted by Crippen LogP contribution is 2.37. The molecule has 0 atom stereocenters. The molecule has 37 heavy (non-hydrogen) atoms. The zero-order valence-corrected chi connectivity index (χ0v) is 20.7. The first-order chi connectivity index (χ1) is 18.0. The van der Waals surface area contributed by atoms with Crippen LogP contribution in [0.4, 0.5) is 16.2 Å². The summed E-state index contributed by atoms with van der Waals surface area (Å²) in [4.78, 5) is 40.0. The van der Waals surface area contributed by atoms with Crippen LogP contribution in [0.25, 0.3) is 17.0 Å². The number of para-hydroxylation sites is 1. The number of thioether (sulfide) groups is 1. The van der Waals surface area contributed by atoms with Gasteiger partial charge in [0.05, 0.1) is 10.6 Å². The first-order valence-electron chi connectivity index (χ1n) is 11.3. The molecule has 8 nitrogen and oxygen atoms in total. The largest absolute Gasteiger partial charge is 0.454 e. The zero-order valence-electron chi connectivity index (χ0n) is 19.1. The van der Waals surface area contributed by atoms with Crippen molar-refractivity contribution >= 4 is 68.8 Å². The number of benzene rings is 3. The summed E-state index contributed by atoms with van der Waals surface area (Å²) in [5.74, 6) is 0.586. The Kier molecular flexibility index (Phi) is 5.86. The number of hydrogen-bond acceptors (Lipinski definition) is 6. The molecule has 184 valence electrons. The van der Waals surface area contributed by atoms with Gasteiger partial charge in [-0.25, -0.2) is 4.90 Å². The van der Waals surface area contributed by atoms with Gasteiger partial charge < -0.3 is 19.4 Å². The lowest BCUT2D eigenvalue weighted by molar-refractivity contribution is -0.116. The van der Waals surface area contributed by atoms with Crippen LogP contribution in [0, 0.1) is 0 Å². The molecule has 0 unspecified atom stereocenters. The van der Waals surface area contributed by atoms with E-state index < -0.39 is 5.91 Å². The number of carbonyl (C=O) groups excluding carboxylic acids is 3. The molecule has 1 fully saturated rings. The number of halogens is 1. The molecule has 10 heteroatoms. The van der Waals surface area contributed by atoms with Crippen molar-refractivity contribution in [2.24, 2.45) is 0 Å². The van der Waals surface area contributed by atoms with Crippen molar-refractivity contribution in [2.45, 2.75) is 6.54 Å². The highest BCUT2D eigenvalue weighted by molar-refractivity contribution is 8.19. The van der Waals surface area contributed by atoms with Crippen LogP contribution in [0.15, 0.2) is 77.8 Å². The Balaban J connectivity index is 1.26. The zero-order chi connectivity index (χ0) is 25.5. The Hall–Kier alpha value is -4.21. The number of rotatable bonds is 5. The highest BCUT2D eigenvalue weighted by atomic mass is 35.5. The number of amides is 3. The van der Waals surface area contributed by atoms with Gasteiger partial charge >= 0.3 is 0 Å². The third-order valence-electron chi connectivity index (χ3n) is 5.95. The van der Waals surface area contributed by atoms with Crippen LogP contribution >= 0.6 is 23.4 Å². The number of anilines is 2. The maximum atomic E-state index is 13.1. The Morgan fingerprint density at radius 2 is 1.81 bits per heavy atom. The molecule has 1 aromatic heterocycles. The second-order valence-electron chi connectivity index (χ2n) is 8.34. The molecule has 3 amide bonds. The summed E-state index contributed by atoms with van der Waals surface area (Å²) in [5.41, 5.74) is 2.61. The Morgan fingerprint density at radius 1 is 1.03 bits per heavy atom. The van der Waals surface area contributed by atoms with Gasteiger partial charge in [-0.2, -0.15) is 0 Å². The van der Waals surface area contributed by atoms with E-state index in [0.717, 1.165) is 33.1 Å². The minimum atomic E-state index is -0.408. The molecule has 2 aliphatic rings. The SMILES string of the molecule is O=C(Cn1cc(/C=C2/SC(=O)N(c3ccc(Cl)cc3)C2=O)c2ccccc21)Nc1ccc2c(c1)OCO2. The average molecular weight is 532 g/mol. The normalized spacial score (nSPS) is 15.7. The Labute approximate surface area is 220 Å². The predicted octanol–water partition coefficient (Wildman–Crippen LogP) is 5.90. The Bertz CT molecular complexity index is 1610. The first kappa shape index (κ1) is 23.2. The quantitative estimate of drug-likeness (QED) is 0.322. The third kappa shape index (κ3) is 4.43. The van der Waals surface area contributed by atoms with Gasteiger partial charge in [-0.1, -0.05) is 29.8 Å². The van der Waals surface area contributed by atoms with Crippen LogP contribution in [0.1, 0.15) is 5.56 Å². The van der Waals surface area contributed by atoms with Crippen LogP contribution in [0.2, 0.25) is 5.02 Å². The third-order valence-corrected chi connectivity index (χ3v) is 7.08. The Morgan fingerprint density at radius 3 is 2.65 bits per heavy atom. The summed E-state index contributed by atoms with van der Waals surface area (Å²) in [6, 6.07) is 19.3. The second kappa shape index (κ2) is 9.34. The van der Waals surface area contributed by atoms with E-state index in [-0.39, 0.29) is 24.5 Å². The first-order valence-corrected chi connectivity index (χ1v) is 12.5. The summed E-state index contributed by atoms with van der Waals surface area (Å²) in [7, 11) is 0. The molecule has 0 aliphatic carbocycles. The molecule has 2 aliphatic heterocycles. The molecular weight excluding hydrogens is 514 g/mol. The number of carbonyl (C=O) groups is 3. The lowest BCUT2D eigenvalue weighted by Gasteiger charge is -2.12. The van der Waals surface area contributed by atoms with Crippen LogP contribution < -0.4 is 19.7 Å². The van der Waals surface area contributed by atoms with E-state index in [4.69, 9.17) is 21.1 Å². The van der Waals surface area contributed by atoms with Gasteiger partial charge in [0.15, 0.2) is 11.5 Å². The molecular formula is C27H18ClN3O5S. The number of aromatic nitrogens is 1. The number of fused-ring (bicyclic) bond motifs is 2. The van der Waals surface area contributed by atoms with Gasteiger partial charge in [-0.05, 0) is 60.3 Å². The summed E-state index contributed by atoms with van der Waals surface area (Å²) in [6.45, 7) is 0.208. The molecule has 4 aromatic rings. The molecule has 3 aromatic carbocycles. The van der Waals surface area contributed by atoms with Crippen molar-refractivity contribution < 1.29 is 23.9 Å². The van der Waals surface area contributed by atoms with E-state index in [9.17, 15) is 14.4 Å². The van der Waals surface area contributed by atoms with Gasteiger partial charge in [0, 0.05) is 39.4 Å². The van der Waals surface area contributed by atoms with E-state index >= 15 is 0 Å². The molecule has 0 spiro atoms. The molecule has 6 rings (SSSR count). The van der Waals surface area contributed by atoms with Crippen LogP contribution in [0.5, 0.6) is 11.5 Å². The van der Waals surface area contributed by atoms with Gasteiger partial charge in [-0.15, -0.1) is 0 Å². The number of nitrogens with zero attached hydrogens (tertiary/aromatic N) is 2. The summed E-state index contributed by atoms with van der Waals surface area (Å²) in [5, 5.41) is 3.87. The molecule has 3 heterocycles. The highest BCUT2D eigenvalue weighted by Gasteiger charge is 2.36. The smallest absolute Gasteiger partial charge is 0.298 e. The van der Waals surface area contributed by atoms with E-state index in [2.05, 4.69) is 5.32 Å². The van der Waals surface area contributed by atoms with Crippen molar-refractivity contribution in [2.75, 3.05) is 17.0 Å². The fourth-order valence-corrected chi connectivity index (χ4v) is 5.23. The lowest BCUT2D eigenvalue weighted by Crippen LogP contribution is -2.27. The fraction of sp³-hybridized carbons (Fsp3) is 0.0741. The maximum Gasteiger partial charge on any atom is 0.298 e. The molecule has 1 N–H and O–H groups in total.